The van der Waals surface area contributed by atoms with Crippen LogP contribution in [0.4, 0.5) is 0 Å². The first-order chi connectivity index (χ1) is 11.1. The third kappa shape index (κ3) is 3.42. The largest absolute Gasteiger partial charge is 0.388 e. The molecule has 23 heavy (non-hydrogen) atoms. The molecule has 0 saturated carbocycles. The number of nitrogens with two attached hydrogens (primary N) is 1. The summed E-state index contributed by atoms with van der Waals surface area (Å²) in [6.07, 6.45) is 4.08. The summed E-state index contributed by atoms with van der Waals surface area (Å²) in [6, 6.07) is 9.51. The molecule has 0 bridgehead atoms. The Bertz CT molecular complexity index is 688. The van der Waals surface area contributed by atoms with Crippen molar-refractivity contribution in [2.75, 3.05) is 13.1 Å². The maximum Gasteiger partial charge on any atom is 0.0908 e. The Morgan fingerprint density at radius 1 is 1.43 bits per heavy atom. The second-order valence-electron chi connectivity index (χ2n) is 6.80. The van der Waals surface area contributed by atoms with E-state index in [0.717, 1.165) is 13.0 Å². The van der Waals surface area contributed by atoms with Crippen molar-refractivity contribution >= 4 is 16.7 Å². The fourth-order valence-electron chi connectivity index (χ4n) is 3.89. The molecule has 1 aromatic heterocycles. The van der Waals surface area contributed by atoms with Gasteiger partial charge in [-0.25, -0.2) is 0 Å². The number of rotatable bonds is 6. The number of hydrogen-bond acceptors (Lipinski definition) is 2. The summed E-state index contributed by atoms with van der Waals surface area (Å²) in [5.74, 6) is 0.789. The van der Waals surface area contributed by atoms with Crippen molar-refractivity contribution in [1.82, 2.24) is 9.88 Å². The van der Waals surface area contributed by atoms with Gasteiger partial charge in [0.25, 0.3) is 0 Å². The molecule has 1 fully saturated rings. The van der Waals surface area contributed by atoms with Gasteiger partial charge in [-0.2, -0.15) is 0 Å². The van der Waals surface area contributed by atoms with E-state index >= 15 is 0 Å². The average Bonchev–Trinajstić information content (AvgIpc) is 3.17. The van der Waals surface area contributed by atoms with E-state index in [1.165, 1.54) is 41.5 Å². The fraction of sp³-hybridized carbons (Fsp3) is 0.526. The van der Waals surface area contributed by atoms with Crippen molar-refractivity contribution < 1.29 is 0 Å². The highest BCUT2D eigenvalue weighted by Crippen LogP contribution is 2.32. The number of aromatic amines is 1. The predicted octanol–water partition coefficient (Wildman–Crippen LogP) is 3.62. The Morgan fingerprint density at radius 2 is 2.26 bits per heavy atom. The van der Waals surface area contributed by atoms with Gasteiger partial charge in [-0.05, 0) is 55.4 Å². The molecular weight excluding hydrogens is 284 g/mol. The maximum absolute atomic E-state index is 7.37. The van der Waals surface area contributed by atoms with Crippen LogP contribution in [0.2, 0.25) is 0 Å². The zero-order valence-corrected chi connectivity index (χ0v) is 14.2. The number of likely N-dealkylation sites (tertiary alicyclic amines) is 1. The summed E-state index contributed by atoms with van der Waals surface area (Å²) >= 11 is 0. The number of hydrogen-bond donors (Lipinski definition) is 3. The van der Waals surface area contributed by atoms with Crippen molar-refractivity contribution in [2.45, 2.75) is 51.5 Å². The third-order valence-corrected chi connectivity index (χ3v) is 5.28. The number of likely N-dealkylation sites (N-methyl/N-ethyl adjacent to an activating group) is 1. The minimum Gasteiger partial charge on any atom is -0.388 e. The number of aromatic nitrogens is 1. The summed E-state index contributed by atoms with van der Waals surface area (Å²) in [5.41, 5.74) is 9.25. The topological polar surface area (TPSA) is 68.9 Å². The molecule has 0 amide bonds. The van der Waals surface area contributed by atoms with Crippen LogP contribution in [0, 0.1) is 5.41 Å². The Morgan fingerprint density at radius 3 is 3.00 bits per heavy atom. The van der Waals surface area contributed by atoms with Crippen LogP contribution in [0.1, 0.15) is 50.3 Å². The lowest BCUT2D eigenvalue weighted by Crippen LogP contribution is -2.33. The van der Waals surface area contributed by atoms with Gasteiger partial charge in [0.15, 0.2) is 0 Å². The van der Waals surface area contributed by atoms with Crippen molar-refractivity contribution in [2.24, 2.45) is 5.73 Å². The molecule has 2 heterocycles. The third-order valence-electron chi connectivity index (χ3n) is 5.28. The van der Waals surface area contributed by atoms with E-state index in [1.54, 1.807) is 0 Å². The van der Waals surface area contributed by atoms with Crippen LogP contribution in [0.25, 0.3) is 10.9 Å². The molecule has 3 rings (SSSR count). The van der Waals surface area contributed by atoms with Crippen LogP contribution in [-0.4, -0.2) is 34.9 Å². The van der Waals surface area contributed by atoms with E-state index < -0.39 is 0 Å². The highest BCUT2D eigenvalue weighted by atomic mass is 15.2. The molecule has 124 valence electrons. The quantitative estimate of drug-likeness (QED) is 0.563. The van der Waals surface area contributed by atoms with Gasteiger partial charge < -0.3 is 15.6 Å². The molecule has 2 aromatic rings. The Balaban J connectivity index is 1.80. The minimum atomic E-state index is 0.256. The van der Waals surface area contributed by atoms with Gasteiger partial charge in [-0.3, -0.25) is 5.41 Å². The standard InChI is InChI=1S/C19H28N4/c1-3-23-10-4-5-18(23)13(2)16-12-15-8-6-14(7-9-19(20)21)11-17(15)22-16/h6,8,11-13,18,22H,3-5,7,9-10H2,1-2H3,(H3,20,21)/t13?,18-/m1/s1. The van der Waals surface area contributed by atoms with E-state index in [4.69, 9.17) is 11.1 Å². The summed E-state index contributed by atoms with van der Waals surface area (Å²) < 4.78 is 0. The normalized spacial score (nSPS) is 20.2. The molecule has 1 aliphatic heterocycles. The second kappa shape index (κ2) is 6.75. The fourth-order valence-corrected chi connectivity index (χ4v) is 3.89. The van der Waals surface area contributed by atoms with E-state index in [1.807, 2.05) is 0 Å². The van der Waals surface area contributed by atoms with Gasteiger partial charge in [0.05, 0.1) is 5.84 Å². The van der Waals surface area contributed by atoms with Crippen LogP contribution in [0.3, 0.4) is 0 Å². The van der Waals surface area contributed by atoms with Gasteiger partial charge >= 0.3 is 0 Å². The Hall–Kier alpha value is -1.81. The molecule has 1 saturated heterocycles. The molecular formula is C19H28N4. The number of benzene rings is 1. The minimum absolute atomic E-state index is 0.256. The van der Waals surface area contributed by atoms with Crippen molar-refractivity contribution in [3.8, 4) is 0 Å². The highest BCUT2D eigenvalue weighted by molar-refractivity contribution is 5.82. The second-order valence-corrected chi connectivity index (χ2v) is 6.80. The number of aryl methyl sites for hydroxylation is 1. The van der Waals surface area contributed by atoms with Crippen LogP contribution in [0.15, 0.2) is 24.3 Å². The Labute approximate surface area is 138 Å². The number of amidine groups is 1. The summed E-state index contributed by atoms with van der Waals surface area (Å²) in [7, 11) is 0. The zero-order chi connectivity index (χ0) is 16.4. The van der Waals surface area contributed by atoms with Crippen molar-refractivity contribution in [3.05, 3.63) is 35.5 Å². The van der Waals surface area contributed by atoms with E-state index in [0.29, 0.717) is 18.4 Å². The predicted molar refractivity (Wildman–Crippen MR) is 97.2 cm³/mol. The van der Waals surface area contributed by atoms with Crippen LogP contribution < -0.4 is 5.73 Å². The first kappa shape index (κ1) is 16.1. The molecule has 4 nitrogen and oxygen atoms in total. The van der Waals surface area contributed by atoms with Gasteiger partial charge in [0.2, 0.25) is 0 Å². The van der Waals surface area contributed by atoms with E-state index in [-0.39, 0.29) is 5.84 Å². The molecule has 0 aliphatic carbocycles. The van der Waals surface area contributed by atoms with Crippen molar-refractivity contribution in [1.29, 1.82) is 5.41 Å². The molecule has 1 aliphatic rings. The van der Waals surface area contributed by atoms with E-state index in [2.05, 4.69) is 48.0 Å². The lowest BCUT2D eigenvalue weighted by Gasteiger charge is -2.27. The van der Waals surface area contributed by atoms with Gasteiger partial charge in [-0.15, -0.1) is 0 Å². The highest BCUT2D eigenvalue weighted by Gasteiger charge is 2.29. The zero-order valence-electron chi connectivity index (χ0n) is 14.2. The van der Waals surface area contributed by atoms with Crippen LogP contribution in [-0.2, 0) is 6.42 Å². The SMILES string of the molecule is CCN1CCC[C@@H]1C(C)c1cc2ccc(CCC(=N)N)cc2[nH]1. The summed E-state index contributed by atoms with van der Waals surface area (Å²) in [6.45, 7) is 6.99. The number of nitrogens with zero attached hydrogens (tertiary/aromatic N) is 1. The van der Waals surface area contributed by atoms with Crippen LogP contribution in [0.5, 0.6) is 0 Å². The molecule has 1 aromatic carbocycles. The lowest BCUT2D eigenvalue weighted by molar-refractivity contribution is 0.239. The van der Waals surface area contributed by atoms with Gasteiger partial charge in [-0.1, -0.05) is 26.0 Å². The Kier molecular flexibility index (Phi) is 4.71. The molecule has 1 unspecified atom stereocenters. The van der Waals surface area contributed by atoms with Gasteiger partial charge in [0.1, 0.15) is 0 Å². The number of fused-ring (bicyclic) bond motifs is 1. The molecule has 4 heteroatoms. The first-order valence-electron chi connectivity index (χ1n) is 8.77. The van der Waals surface area contributed by atoms with E-state index in [9.17, 15) is 0 Å². The first-order valence-corrected chi connectivity index (χ1v) is 8.77. The van der Waals surface area contributed by atoms with Gasteiger partial charge in [0, 0.05) is 29.6 Å². The number of nitrogens with one attached hydrogen (secondary N) is 2. The maximum atomic E-state index is 7.37. The summed E-state index contributed by atoms with van der Waals surface area (Å²) in [4.78, 5) is 6.24. The molecule has 4 N–H and O–H groups in total. The monoisotopic (exact) mass is 312 g/mol. The average molecular weight is 312 g/mol. The summed E-state index contributed by atoms with van der Waals surface area (Å²) in [5, 5.41) is 8.64. The van der Waals surface area contributed by atoms with Crippen LogP contribution >= 0.6 is 0 Å². The lowest BCUT2D eigenvalue weighted by atomic mass is 9.96. The molecule has 0 spiro atoms. The smallest absolute Gasteiger partial charge is 0.0908 e. The van der Waals surface area contributed by atoms with Crippen molar-refractivity contribution in [3.63, 3.8) is 0 Å². The number of H-pyrrole nitrogens is 1. The molecule has 2 atom stereocenters. The molecule has 0 radical (unpaired) electrons.